The maximum absolute atomic E-state index is 13.1. The summed E-state index contributed by atoms with van der Waals surface area (Å²) in [6.07, 6.45) is 1.97. The second-order valence-corrected chi connectivity index (χ2v) is 6.42. The number of nitrogens with zero attached hydrogens (tertiary/aromatic N) is 2. The van der Waals surface area contributed by atoms with Gasteiger partial charge in [-0.2, -0.15) is 5.26 Å². The molecule has 0 bridgehead atoms. The molecule has 0 aromatic heterocycles. The normalized spacial score (nSPS) is 16.8. The predicted molar refractivity (Wildman–Crippen MR) is 98.1 cm³/mol. The van der Waals surface area contributed by atoms with Crippen molar-refractivity contribution in [1.82, 2.24) is 4.90 Å². The summed E-state index contributed by atoms with van der Waals surface area (Å²) in [5.74, 6) is 0.00698. The van der Waals surface area contributed by atoms with Gasteiger partial charge in [0.1, 0.15) is 0 Å². The lowest BCUT2D eigenvalue weighted by Crippen LogP contribution is -2.30. The fraction of sp³-hybridized carbons (Fsp3) is 0.182. The van der Waals surface area contributed by atoms with E-state index in [0.29, 0.717) is 11.1 Å². The Morgan fingerprint density at radius 2 is 1.84 bits per heavy atom. The van der Waals surface area contributed by atoms with Gasteiger partial charge in [-0.3, -0.25) is 4.79 Å². The number of amides is 1. The van der Waals surface area contributed by atoms with Crippen molar-refractivity contribution in [2.45, 2.75) is 18.9 Å². The maximum Gasteiger partial charge on any atom is 0.254 e. The quantitative estimate of drug-likeness (QED) is 0.686. The van der Waals surface area contributed by atoms with Crippen molar-refractivity contribution >= 4 is 16.7 Å². The van der Waals surface area contributed by atoms with Gasteiger partial charge in [0.15, 0.2) is 0 Å². The van der Waals surface area contributed by atoms with E-state index in [-0.39, 0.29) is 11.9 Å². The highest BCUT2D eigenvalue weighted by atomic mass is 16.2. The van der Waals surface area contributed by atoms with Gasteiger partial charge in [-0.1, -0.05) is 48.5 Å². The molecule has 1 atom stereocenters. The zero-order chi connectivity index (χ0) is 17.2. The minimum atomic E-state index is 0.00698. The van der Waals surface area contributed by atoms with Gasteiger partial charge in [0.2, 0.25) is 0 Å². The first-order valence-electron chi connectivity index (χ1n) is 8.57. The van der Waals surface area contributed by atoms with E-state index in [1.807, 2.05) is 17.0 Å². The lowest BCUT2D eigenvalue weighted by molar-refractivity contribution is 0.0736. The van der Waals surface area contributed by atoms with Gasteiger partial charge in [0.25, 0.3) is 5.91 Å². The highest BCUT2D eigenvalue weighted by Crippen LogP contribution is 2.36. The summed E-state index contributed by atoms with van der Waals surface area (Å²) >= 11 is 0. The van der Waals surface area contributed by atoms with Gasteiger partial charge >= 0.3 is 0 Å². The molecule has 3 heteroatoms. The fourth-order valence-corrected chi connectivity index (χ4v) is 3.76. The largest absolute Gasteiger partial charge is 0.332 e. The van der Waals surface area contributed by atoms with Gasteiger partial charge < -0.3 is 4.90 Å². The lowest BCUT2D eigenvalue weighted by Gasteiger charge is -2.26. The Morgan fingerprint density at radius 3 is 2.72 bits per heavy atom. The monoisotopic (exact) mass is 326 g/mol. The molecule has 1 saturated heterocycles. The minimum absolute atomic E-state index is 0.00698. The first kappa shape index (κ1) is 15.4. The molecule has 0 saturated carbocycles. The van der Waals surface area contributed by atoms with Crippen molar-refractivity contribution in [2.24, 2.45) is 0 Å². The van der Waals surface area contributed by atoms with Crippen LogP contribution in [-0.2, 0) is 0 Å². The summed E-state index contributed by atoms with van der Waals surface area (Å²) in [5.41, 5.74) is 2.32. The summed E-state index contributed by atoms with van der Waals surface area (Å²) in [5, 5.41) is 11.5. The fourth-order valence-electron chi connectivity index (χ4n) is 3.76. The Balaban J connectivity index is 1.73. The van der Waals surface area contributed by atoms with Crippen LogP contribution in [-0.4, -0.2) is 17.4 Å². The molecule has 1 aliphatic heterocycles. The molecule has 4 rings (SSSR count). The Morgan fingerprint density at radius 1 is 1.04 bits per heavy atom. The molecule has 0 radical (unpaired) electrons. The standard InChI is InChI=1S/C22H18N2O/c23-15-16-6-3-9-18(14-16)22(25)24-13-5-12-21(24)20-11-4-8-17-7-1-2-10-19(17)20/h1-4,6-11,14,21H,5,12-13H2/t21-/m1/s1. The van der Waals surface area contributed by atoms with Crippen molar-refractivity contribution in [3.05, 3.63) is 83.4 Å². The Kier molecular flexibility index (Phi) is 3.95. The summed E-state index contributed by atoms with van der Waals surface area (Å²) in [7, 11) is 0. The van der Waals surface area contributed by atoms with E-state index < -0.39 is 0 Å². The third kappa shape index (κ3) is 2.77. The van der Waals surface area contributed by atoms with Crippen LogP contribution in [0.5, 0.6) is 0 Å². The van der Waals surface area contributed by atoms with Crippen LogP contribution in [0.15, 0.2) is 66.7 Å². The summed E-state index contributed by atoms with van der Waals surface area (Å²) in [4.78, 5) is 15.0. The van der Waals surface area contributed by atoms with Gasteiger partial charge in [0, 0.05) is 12.1 Å². The Labute approximate surface area is 147 Å². The highest BCUT2D eigenvalue weighted by Gasteiger charge is 2.31. The molecule has 1 aliphatic rings. The number of hydrogen-bond donors (Lipinski definition) is 0. The number of likely N-dealkylation sites (tertiary alicyclic amines) is 1. The summed E-state index contributed by atoms with van der Waals surface area (Å²) < 4.78 is 0. The first-order valence-corrected chi connectivity index (χ1v) is 8.57. The molecule has 25 heavy (non-hydrogen) atoms. The van der Waals surface area contributed by atoms with E-state index in [0.717, 1.165) is 19.4 Å². The Bertz CT molecular complexity index is 981. The molecule has 3 nitrogen and oxygen atoms in total. The van der Waals surface area contributed by atoms with E-state index >= 15 is 0 Å². The summed E-state index contributed by atoms with van der Waals surface area (Å²) in [6, 6.07) is 23.8. The van der Waals surface area contributed by atoms with E-state index in [1.54, 1.807) is 24.3 Å². The van der Waals surface area contributed by atoms with Gasteiger partial charge in [-0.25, -0.2) is 0 Å². The van der Waals surface area contributed by atoms with Crippen LogP contribution in [0.4, 0.5) is 0 Å². The number of fused-ring (bicyclic) bond motifs is 1. The molecular weight excluding hydrogens is 308 g/mol. The van der Waals surface area contributed by atoms with Crippen molar-refractivity contribution in [1.29, 1.82) is 5.26 Å². The van der Waals surface area contributed by atoms with Gasteiger partial charge in [-0.05, 0) is 47.4 Å². The zero-order valence-corrected chi connectivity index (χ0v) is 13.9. The Hall–Kier alpha value is -3.12. The first-order chi connectivity index (χ1) is 12.3. The SMILES string of the molecule is N#Cc1cccc(C(=O)N2CCC[C@@H]2c2cccc3ccccc23)c1. The van der Waals surface area contributed by atoms with Crippen LogP contribution in [0.1, 0.15) is 40.4 Å². The molecule has 1 fully saturated rings. The molecule has 0 unspecified atom stereocenters. The van der Waals surface area contributed by atoms with E-state index in [2.05, 4.69) is 36.4 Å². The van der Waals surface area contributed by atoms with Gasteiger partial charge in [-0.15, -0.1) is 0 Å². The smallest absolute Gasteiger partial charge is 0.254 e. The van der Waals surface area contributed by atoms with Crippen molar-refractivity contribution < 1.29 is 4.79 Å². The van der Waals surface area contributed by atoms with E-state index in [1.165, 1.54) is 16.3 Å². The number of nitriles is 1. The number of carbonyl (C=O) groups is 1. The van der Waals surface area contributed by atoms with Crippen molar-refractivity contribution in [3.63, 3.8) is 0 Å². The van der Waals surface area contributed by atoms with Crippen LogP contribution < -0.4 is 0 Å². The molecule has 0 spiro atoms. The van der Waals surface area contributed by atoms with Crippen molar-refractivity contribution in [2.75, 3.05) is 6.54 Å². The third-order valence-corrected chi connectivity index (χ3v) is 4.93. The molecule has 1 amide bonds. The van der Waals surface area contributed by atoms with Crippen LogP contribution in [0.25, 0.3) is 10.8 Å². The lowest BCUT2D eigenvalue weighted by atomic mass is 9.97. The number of benzene rings is 3. The second-order valence-electron chi connectivity index (χ2n) is 6.42. The van der Waals surface area contributed by atoms with Crippen LogP contribution in [0.3, 0.4) is 0 Å². The average Bonchev–Trinajstić information content (AvgIpc) is 3.16. The average molecular weight is 326 g/mol. The molecular formula is C22H18N2O. The number of carbonyl (C=O) groups excluding carboxylic acids is 1. The van der Waals surface area contributed by atoms with Crippen LogP contribution in [0.2, 0.25) is 0 Å². The maximum atomic E-state index is 13.1. The molecule has 3 aromatic carbocycles. The topological polar surface area (TPSA) is 44.1 Å². The van der Waals surface area contributed by atoms with Gasteiger partial charge in [0.05, 0.1) is 17.7 Å². The molecule has 0 N–H and O–H groups in total. The third-order valence-electron chi connectivity index (χ3n) is 4.93. The second kappa shape index (κ2) is 6.41. The predicted octanol–water partition coefficient (Wildman–Crippen LogP) is 4.69. The number of rotatable bonds is 2. The molecule has 1 heterocycles. The van der Waals surface area contributed by atoms with Crippen LogP contribution in [0, 0.1) is 11.3 Å². The van der Waals surface area contributed by atoms with Crippen LogP contribution >= 0.6 is 0 Å². The molecule has 3 aromatic rings. The summed E-state index contributed by atoms with van der Waals surface area (Å²) in [6.45, 7) is 0.753. The molecule has 0 aliphatic carbocycles. The number of hydrogen-bond acceptors (Lipinski definition) is 2. The van der Waals surface area contributed by atoms with E-state index in [4.69, 9.17) is 5.26 Å². The molecule has 122 valence electrons. The highest BCUT2D eigenvalue weighted by molar-refractivity contribution is 5.95. The zero-order valence-electron chi connectivity index (χ0n) is 13.9. The van der Waals surface area contributed by atoms with E-state index in [9.17, 15) is 4.79 Å². The minimum Gasteiger partial charge on any atom is -0.332 e. The van der Waals surface area contributed by atoms with Crippen molar-refractivity contribution in [3.8, 4) is 6.07 Å².